The van der Waals surface area contributed by atoms with E-state index >= 15 is 0 Å². The van der Waals surface area contributed by atoms with Crippen molar-refractivity contribution in [2.45, 2.75) is 6.92 Å². The van der Waals surface area contributed by atoms with Crippen molar-refractivity contribution in [3.8, 4) is 6.07 Å². The van der Waals surface area contributed by atoms with Crippen LogP contribution < -0.4 is 5.73 Å². The lowest BCUT2D eigenvalue weighted by atomic mass is 10.2. The number of amides is 2. The molecule has 8 nitrogen and oxygen atoms in total. The summed E-state index contributed by atoms with van der Waals surface area (Å²) in [6, 6.07) is 2.03. The van der Waals surface area contributed by atoms with Gasteiger partial charge in [0.15, 0.2) is 0 Å². The van der Waals surface area contributed by atoms with Crippen molar-refractivity contribution in [2.75, 3.05) is 65.4 Å². The van der Waals surface area contributed by atoms with Crippen molar-refractivity contribution in [1.29, 1.82) is 5.26 Å². The maximum absolute atomic E-state index is 12.5. The van der Waals surface area contributed by atoms with Crippen LogP contribution in [-0.2, 0) is 9.59 Å². The number of nitrogens with zero attached hydrogens (tertiary/aromatic N) is 5. The zero-order chi connectivity index (χ0) is 17.5. The molecule has 0 radical (unpaired) electrons. The van der Waals surface area contributed by atoms with E-state index in [-0.39, 0.29) is 17.4 Å². The summed E-state index contributed by atoms with van der Waals surface area (Å²) < 4.78 is 0. The van der Waals surface area contributed by atoms with Gasteiger partial charge in [0.2, 0.25) is 5.91 Å². The number of hydrogen-bond acceptors (Lipinski definition) is 6. The highest BCUT2D eigenvalue weighted by atomic mass is 16.2. The van der Waals surface area contributed by atoms with Crippen molar-refractivity contribution >= 4 is 11.8 Å². The van der Waals surface area contributed by atoms with Crippen LogP contribution in [0.15, 0.2) is 11.8 Å². The average Bonchev–Trinajstić information content (AvgIpc) is 2.61. The minimum atomic E-state index is -0.245. The van der Waals surface area contributed by atoms with E-state index in [0.29, 0.717) is 32.7 Å². The summed E-state index contributed by atoms with van der Waals surface area (Å²) in [6.45, 7) is 8.40. The molecule has 0 aromatic carbocycles. The lowest BCUT2D eigenvalue weighted by Gasteiger charge is -2.35. The molecule has 132 valence electrons. The van der Waals surface area contributed by atoms with Crippen LogP contribution in [-0.4, -0.2) is 96.9 Å². The highest BCUT2D eigenvalue weighted by molar-refractivity contribution is 5.97. The van der Waals surface area contributed by atoms with Crippen molar-refractivity contribution in [3.63, 3.8) is 0 Å². The van der Waals surface area contributed by atoms with Gasteiger partial charge in [-0.15, -0.1) is 0 Å². The van der Waals surface area contributed by atoms with Gasteiger partial charge in [-0.2, -0.15) is 5.26 Å². The summed E-state index contributed by atoms with van der Waals surface area (Å²) in [5.41, 5.74) is 5.73. The summed E-state index contributed by atoms with van der Waals surface area (Å²) in [5, 5.41) is 9.35. The molecular weight excluding hydrogens is 308 g/mol. The van der Waals surface area contributed by atoms with E-state index in [0.717, 1.165) is 32.7 Å². The summed E-state index contributed by atoms with van der Waals surface area (Å²) in [5.74, 6) is -0.224. The summed E-state index contributed by atoms with van der Waals surface area (Å²) in [7, 11) is 0. The number of hydrogen-bond donors (Lipinski definition) is 1. The van der Waals surface area contributed by atoms with Crippen molar-refractivity contribution < 1.29 is 9.59 Å². The molecule has 0 aromatic rings. The molecule has 0 bridgehead atoms. The van der Waals surface area contributed by atoms with Gasteiger partial charge in [0.25, 0.3) is 5.91 Å². The Balaban J connectivity index is 1.90. The molecule has 2 amide bonds. The topological polar surface area (TPSA) is 96.9 Å². The van der Waals surface area contributed by atoms with Gasteiger partial charge in [0.05, 0.1) is 0 Å². The van der Waals surface area contributed by atoms with Crippen molar-refractivity contribution in [3.05, 3.63) is 11.8 Å². The van der Waals surface area contributed by atoms with Gasteiger partial charge in [-0.3, -0.25) is 14.5 Å². The Morgan fingerprint density at radius 1 is 1.04 bits per heavy atom. The molecule has 8 heteroatoms. The first-order valence-electron chi connectivity index (χ1n) is 8.38. The maximum Gasteiger partial charge on any atom is 0.266 e. The number of rotatable bonds is 4. The van der Waals surface area contributed by atoms with Crippen LogP contribution in [0.2, 0.25) is 0 Å². The lowest BCUT2D eigenvalue weighted by Crippen LogP contribution is -2.50. The minimum Gasteiger partial charge on any atom is -0.374 e. The normalized spacial score (nSPS) is 20.0. The first kappa shape index (κ1) is 18.2. The zero-order valence-electron chi connectivity index (χ0n) is 14.3. The van der Waals surface area contributed by atoms with Gasteiger partial charge in [0.1, 0.15) is 11.6 Å². The van der Waals surface area contributed by atoms with Gasteiger partial charge < -0.3 is 20.4 Å². The predicted molar refractivity (Wildman–Crippen MR) is 89.6 cm³/mol. The van der Waals surface area contributed by atoms with Gasteiger partial charge in [-0.05, 0) is 0 Å². The maximum atomic E-state index is 12.5. The largest absolute Gasteiger partial charge is 0.374 e. The molecule has 0 saturated carbocycles. The van der Waals surface area contributed by atoms with E-state index in [9.17, 15) is 14.9 Å². The van der Waals surface area contributed by atoms with Gasteiger partial charge in [-0.25, -0.2) is 0 Å². The molecule has 0 atom stereocenters. The molecule has 2 rings (SSSR count). The highest BCUT2D eigenvalue weighted by Crippen LogP contribution is 2.10. The monoisotopic (exact) mass is 334 g/mol. The van der Waals surface area contributed by atoms with Crippen LogP contribution in [0.25, 0.3) is 0 Å². The van der Waals surface area contributed by atoms with Gasteiger partial charge >= 0.3 is 0 Å². The van der Waals surface area contributed by atoms with E-state index in [1.807, 2.05) is 11.0 Å². The van der Waals surface area contributed by atoms with Gasteiger partial charge in [-0.1, -0.05) is 0 Å². The summed E-state index contributed by atoms with van der Waals surface area (Å²) in [4.78, 5) is 31.5. The number of nitrogens with two attached hydrogens (primary N) is 1. The van der Waals surface area contributed by atoms with E-state index in [1.54, 1.807) is 16.0 Å². The van der Waals surface area contributed by atoms with Crippen LogP contribution in [0.1, 0.15) is 6.92 Å². The molecule has 2 aliphatic rings. The molecule has 0 unspecified atom stereocenters. The van der Waals surface area contributed by atoms with Crippen LogP contribution in [0.4, 0.5) is 0 Å². The Morgan fingerprint density at radius 2 is 1.62 bits per heavy atom. The fourth-order valence-electron chi connectivity index (χ4n) is 3.01. The smallest absolute Gasteiger partial charge is 0.266 e. The van der Waals surface area contributed by atoms with E-state index < -0.39 is 0 Å². The fraction of sp³-hybridized carbons (Fsp3) is 0.688. The Labute approximate surface area is 143 Å². The second-order valence-electron chi connectivity index (χ2n) is 6.12. The van der Waals surface area contributed by atoms with Crippen LogP contribution >= 0.6 is 0 Å². The van der Waals surface area contributed by atoms with Crippen molar-refractivity contribution in [2.24, 2.45) is 5.73 Å². The number of carbonyl (C=O) groups is 2. The number of piperazine rings is 2. The van der Waals surface area contributed by atoms with Crippen LogP contribution in [0, 0.1) is 11.3 Å². The highest BCUT2D eigenvalue weighted by Gasteiger charge is 2.25. The molecule has 2 saturated heterocycles. The first-order valence-corrected chi connectivity index (χ1v) is 8.38. The fourth-order valence-corrected chi connectivity index (χ4v) is 3.01. The average molecular weight is 334 g/mol. The number of nitriles is 1. The Kier molecular flexibility index (Phi) is 6.58. The molecular formula is C16H26N6O2. The minimum absolute atomic E-state index is 0.0218. The molecule has 0 aromatic heterocycles. The van der Waals surface area contributed by atoms with Crippen LogP contribution in [0.5, 0.6) is 0 Å². The zero-order valence-corrected chi connectivity index (χ0v) is 14.3. The SMILES string of the molecule is CC(=O)N1CCN(C(=O)/C(C#N)=C\N2CCN(CCN)CC2)CC1. The Hall–Kier alpha value is -2.11. The molecule has 24 heavy (non-hydrogen) atoms. The second kappa shape index (κ2) is 8.66. The molecule has 2 aliphatic heterocycles. The Bertz CT molecular complexity index is 525. The standard InChI is InChI=1S/C16H26N6O2/c1-14(23)21-8-10-22(11-9-21)16(24)15(12-18)13-20-6-4-19(3-2-17)5-7-20/h13H,2-11,17H2,1H3/b15-13-. The molecule has 0 spiro atoms. The van der Waals surface area contributed by atoms with Crippen molar-refractivity contribution in [1.82, 2.24) is 19.6 Å². The molecule has 2 heterocycles. The number of carbonyl (C=O) groups excluding carboxylic acids is 2. The molecule has 2 fully saturated rings. The Morgan fingerprint density at radius 3 is 2.12 bits per heavy atom. The summed E-state index contributed by atoms with van der Waals surface area (Å²) >= 11 is 0. The van der Waals surface area contributed by atoms with Gasteiger partial charge in [0, 0.05) is 78.6 Å². The predicted octanol–water partition coefficient (Wildman–Crippen LogP) is -1.34. The quantitative estimate of drug-likeness (QED) is 0.505. The second-order valence-corrected chi connectivity index (χ2v) is 6.12. The van der Waals surface area contributed by atoms with E-state index in [4.69, 9.17) is 5.73 Å². The third kappa shape index (κ3) is 4.69. The third-order valence-corrected chi connectivity index (χ3v) is 4.53. The molecule has 2 N–H and O–H groups in total. The lowest BCUT2D eigenvalue weighted by molar-refractivity contribution is -0.136. The molecule has 0 aliphatic carbocycles. The van der Waals surface area contributed by atoms with Crippen LogP contribution in [0.3, 0.4) is 0 Å². The van der Waals surface area contributed by atoms with E-state index in [2.05, 4.69) is 4.90 Å². The summed E-state index contributed by atoms with van der Waals surface area (Å²) in [6.07, 6.45) is 1.68. The first-order chi connectivity index (χ1) is 11.5. The van der Waals surface area contributed by atoms with E-state index in [1.165, 1.54) is 6.92 Å². The third-order valence-electron chi connectivity index (χ3n) is 4.53.